The zero-order valence-electron chi connectivity index (χ0n) is 5.89. The summed E-state index contributed by atoms with van der Waals surface area (Å²) in [5.74, 6) is 0. The molecular formula is C6H14FNO. The van der Waals surface area contributed by atoms with Gasteiger partial charge >= 0.3 is 0 Å². The van der Waals surface area contributed by atoms with E-state index in [-0.39, 0.29) is 6.61 Å². The lowest BCUT2D eigenvalue weighted by Crippen LogP contribution is -2.39. The zero-order valence-corrected chi connectivity index (χ0v) is 5.89. The van der Waals surface area contributed by atoms with Crippen LogP contribution in [-0.2, 0) is 0 Å². The maximum absolute atomic E-state index is 12.7. The zero-order chi connectivity index (χ0) is 7.49. The van der Waals surface area contributed by atoms with E-state index in [1.165, 1.54) is 13.8 Å². The third-order valence-corrected chi connectivity index (χ3v) is 1.32. The van der Waals surface area contributed by atoms with Crippen molar-refractivity contribution in [3.63, 3.8) is 0 Å². The molecule has 9 heavy (non-hydrogen) atoms. The molecule has 1 atom stereocenters. The van der Waals surface area contributed by atoms with Crippen molar-refractivity contribution in [2.45, 2.75) is 32.0 Å². The van der Waals surface area contributed by atoms with Gasteiger partial charge in [0.1, 0.15) is 5.67 Å². The Labute approximate surface area is 54.9 Å². The maximum atomic E-state index is 12.7. The van der Waals surface area contributed by atoms with Gasteiger partial charge in [-0.25, -0.2) is 4.39 Å². The van der Waals surface area contributed by atoms with Crippen LogP contribution in [-0.4, -0.2) is 23.4 Å². The summed E-state index contributed by atoms with van der Waals surface area (Å²) >= 11 is 0. The third-order valence-electron chi connectivity index (χ3n) is 1.32. The van der Waals surface area contributed by atoms with Crippen molar-refractivity contribution in [1.82, 2.24) is 0 Å². The molecular weight excluding hydrogens is 121 g/mol. The summed E-state index contributed by atoms with van der Waals surface area (Å²) in [6, 6.07) is -0.553. The van der Waals surface area contributed by atoms with Crippen LogP contribution in [0.1, 0.15) is 20.3 Å². The van der Waals surface area contributed by atoms with E-state index < -0.39 is 11.7 Å². The third kappa shape index (κ3) is 3.43. The normalized spacial score (nSPS) is 15.7. The number of rotatable bonds is 3. The summed E-state index contributed by atoms with van der Waals surface area (Å²) in [4.78, 5) is 0. The number of aliphatic hydroxyl groups excluding tert-OH is 1. The molecule has 2 nitrogen and oxygen atoms in total. The Morgan fingerprint density at radius 3 is 2.22 bits per heavy atom. The van der Waals surface area contributed by atoms with Gasteiger partial charge in [-0.3, -0.25) is 0 Å². The van der Waals surface area contributed by atoms with E-state index in [4.69, 9.17) is 10.8 Å². The molecule has 0 aromatic heterocycles. The molecule has 0 saturated carbocycles. The predicted molar refractivity (Wildman–Crippen MR) is 34.9 cm³/mol. The molecule has 56 valence electrons. The summed E-state index contributed by atoms with van der Waals surface area (Å²) in [6.07, 6.45) is 0.323. The van der Waals surface area contributed by atoms with Gasteiger partial charge in [-0.2, -0.15) is 0 Å². The highest BCUT2D eigenvalue weighted by molar-refractivity contribution is 4.80. The number of aliphatic hydroxyl groups is 1. The Morgan fingerprint density at radius 2 is 2.11 bits per heavy atom. The molecule has 0 rings (SSSR count). The van der Waals surface area contributed by atoms with Crippen LogP contribution >= 0.6 is 0 Å². The first-order chi connectivity index (χ1) is 3.98. The molecule has 0 aromatic carbocycles. The Bertz CT molecular complexity index is 79.6. The minimum Gasteiger partial charge on any atom is -0.396 e. The van der Waals surface area contributed by atoms with Crippen molar-refractivity contribution in [1.29, 1.82) is 0 Å². The van der Waals surface area contributed by atoms with E-state index in [1.807, 2.05) is 0 Å². The van der Waals surface area contributed by atoms with Crippen molar-refractivity contribution in [2.24, 2.45) is 5.73 Å². The smallest absolute Gasteiger partial charge is 0.120 e. The van der Waals surface area contributed by atoms with E-state index in [2.05, 4.69) is 0 Å². The van der Waals surface area contributed by atoms with Gasteiger partial charge in [0, 0.05) is 12.6 Å². The fourth-order valence-electron chi connectivity index (χ4n) is 0.482. The van der Waals surface area contributed by atoms with Gasteiger partial charge in [-0.05, 0) is 20.3 Å². The van der Waals surface area contributed by atoms with Crippen LogP contribution in [0.15, 0.2) is 0 Å². The molecule has 0 radical (unpaired) electrons. The number of halogens is 1. The lowest BCUT2D eigenvalue weighted by atomic mass is 9.99. The molecule has 0 spiro atoms. The van der Waals surface area contributed by atoms with Gasteiger partial charge in [0.25, 0.3) is 0 Å². The van der Waals surface area contributed by atoms with Gasteiger partial charge in [-0.1, -0.05) is 0 Å². The summed E-state index contributed by atoms with van der Waals surface area (Å²) in [5.41, 5.74) is 3.95. The summed E-state index contributed by atoms with van der Waals surface area (Å²) < 4.78 is 12.7. The summed E-state index contributed by atoms with van der Waals surface area (Å²) in [7, 11) is 0. The molecule has 3 N–H and O–H groups in total. The fraction of sp³-hybridized carbons (Fsp3) is 1.00. The number of alkyl halides is 1. The van der Waals surface area contributed by atoms with Crippen molar-refractivity contribution >= 4 is 0 Å². The first kappa shape index (κ1) is 8.85. The molecule has 3 heteroatoms. The summed E-state index contributed by atoms with van der Waals surface area (Å²) in [5, 5.41) is 8.35. The van der Waals surface area contributed by atoms with Crippen LogP contribution < -0.4 is 5.73 Å². The van der Waals surface area contributed by atoms with E-state index in [1.54, 1.807) is 0 Å². The number of hydrogen-bond donors (Lipinski definition) is 2. The lowest BCUT2D eigenvalue weighted by molar-refractivity contribution is 0.147. The van der Waals surface area contributed by atoms with Crippen LogP contribution in [0.4, 0.5) is 4.39 Å². The van der Waals surface area contributed by atoms with Crippen LogP contribution in [0, 0.1) is 0 Å². The second-order valence-corrected chi connectivity index (χ2v) is 2.68. The molecule has 0 aliphatic carbocycles. The Kier molecular flexibility index (Phi) is 3.08. The second-order valence-electron chi connectivity index (χ2n) is 2.68. The molecule has 0 heterocycles. The number of nitrogens with two attached hydrogens (primary N) is 1. The summed E-state index contributed by atoms with van der Waals surface area (Å²) in [6.45, 7) is 2.77. The van der Waals surface area contributed by atoms with E-state index in [9.17, 15) is 4.39 Å². The van der Waals surface area contributed by atoms with Gasteiger partial charge < -0.3 is 10.8 Å². The quantitative estimate of drug-likeness (QED) is 0.590. The lowest BCUT2D eigenvalue weighted by Gasteiger charge is -2.21. The first-order valence-electron chi connectivity index (χ1n) is 3.04. The molecule has 0 aliphatic heterocycles. The van der Waals surface area contributed by atoms with Gasteiger partial charge in [-0.15, -0.1) is 0 Å². The van der Waals surface area contributed by atoms with Crippen molar-refractivity contribution in [3.8, 4) is 0 Å². The molecule has 0 bridgehead atoms. The Balaban J connectivity index is 3.59. The predicted octanol–water partition coefficient (Wildman–Crippen LogP) is 0.444. The fourth-order valence-corrected chi connectivity index (χ4v) is 0.482. The van der Waals surface area contributed by atoms with Crippen molar-refractivity contribution < 1.29 is 9.50 Å². The van der Waals surface area contributed by atoms with Gasteiger partial charge in [0.2, 0.25) is 0 Å². The minimum absolute atomic E-state index is 0.0471. The van der Waals surface area contributed by atoms with E-state index in [0.717, 1.165) is 0 Å². The van der Waals surface area contributed by atoms with E-state index in [0.29, 0.717) is 6.42 Å². The highest BCUT2D eigenvalue weighted by Gasteiger charge is 2.24. The molecule has 0 aliphatic rings. The maximum Gasteiger partial charge on any atom is 0.120 e. The van der Waals surface area contributed by atoms with Crippen LogP contribution in [0.5, 0.6) is 0 Å². The van der Waals surface area contributed by atoms with Crippen LogP contribution in [0.3, 0.4) is 0 Å². The van der Waals surface area contributed by atoms with E-state index >= 15 is 0 Å². The highest BCUT2D eigenvalue weighted by atomic mass is 19.1. The topological polar surface area (TPSA) is 46.2 Å². The van der Waals surface area contributed by atoms with Crippen LogP contribution in [0.25, 0.3) is 0 Å². The standard InChI is InChI=1S/C6H14FNO/c1-6(2,7)5(8)3-4-9/h5,9H,3-4,8H2,1-2H3. The van der Waals surface area contributed by atoms with Crippen LogP contribution in [0.2, 0.25) is 0 Å². The van der Waals surface area contributed by atoms with Crippen molar-refractivity contribution in [2.75, 3.05) is 6.61 Å². The van der Waals surface area contributed by atoms with Gasteiger partial charge in [0.15, 0.2) is 0 Å². The second kappa shape index (κ2) is 3.13. The molecule has 0 aromatic rings. The number of hydrogen-bond acceptors (Lipinski definition) is 2. The van der Waals surface area contributed by atoms with Crippen molar-refractivity contribution in [3.05, 3.63) is 0 Å². The molecule has 1 unspecified atom stereocenters. The first-order valence-corrected chi connectivity index (χ1v) is 3.04. The highest BCUT2D eigenvalue weighted by Crippen LogP contribution is 2.14. The Hall–Kier alpha value is -0.150. The SMILES string of the molecule is CC(C)(F)C(N)CCO. The molecule has 0 amide bonds. The molecule has 0 saturated heterocycles. The minimum atomic E-state index is -1.37. The largest absolute Gasteiger partial charge is 0.396 e. The molecule has 0 fully saturated rings. The average Bonchev–Trinajstić information content (AvgIpc) is 1.64. The Morgan fingerprint density at radius 1 is 1.67 bits per heavy atom. The monoisotopic (exact) mass is 135 g/mol. The average molecular weight is 135 g/mol. The van der Waals surface area contributed by atoms with Gasteiger partial charge in [0.05, 0.1) is 0 Å².